The summed E-state index contributed by atoms with van der Waals surface area (Å²) >= 11 is 0. The maximum absolute atomic E-state index is 10.9. The number of ether oxygens (including phenoxy) is 1. The van der Waals surface area contributed by atoms with Crippen LogP contribution in [0.25, 0.3) is 0 Å². The average molecular weight is 195 g/mol. The van der Waals surface area contributed by atoms with Gasteiger partial charge in [-0.15, -0.1) is 0 Å². The molecule has 0 aliphatic heterocycles. The van der Waals surface area contributed by atoms with Gasteiger partial charge in [0.15, 0.2) is 5.75 Å². The Balaban J connectivity index is 3.35. The third-order valence-electron chi connectivity index (χ3n) is 2.02. The lowest BCUT2D eigenvalue weighted by Gasteiger charge is -2.09. The number of carboxylic acid groups (broad SMARTS) is 1. The lowest BCUT2D eigenvalue weighted by Crippen LogP contribution is -2.04. The van der Waals surface area contributed by atoms with E-state index in [0.717, 1.165) is 12.0 Å². The van der Waals surface area contributed by atoms with Gasteiger partial charge in [-0.05, 0) is 24.1 Å². The summed E-state index contributed by atoms with van der Waals surface area (Å²) in [7, 11) is 1.41. The molecule has 0 heterocycles. The van der Waals surface area contributed by atoms with E-state index in [1.165, 1.54) is 7.11 Å². The molecule has 0 spiro atoms. The van der Waals surface area contributed by atoms with E-state index in [1.54, 1.807) is 12.1 Å². The number of hydrogen-bond donors (Lipinski definition) is 2. The molecule has 1 rings (SSSR count). The maximum Gasteiger partial charge on any atom is 0.339 e. The molecule has 14 heavy (non-hydrogen) atoms. The second kappa shape index (κ2) is 4.00. The van der Waals surface area contributed by atoms with Gasteiger partial charge in [0, 0.05) is 0 Å². The molecule has 0 aromatic heterocycles. The molecule has 4 heteroatoms. The molecule has 1 aromatic rings. The molecule has 0 saturated heterocycles. The number of aromatic carboxylic acids is 1. The van der Waals surface area contributed by atoms with Crippen LogP contribution in [-0.4, -0.2) is 18.2 Å². The third-order valence-corrected chi connectivity index (χ3v) is 2.02. The van der Waals surface area contributed by atoms with Gasteiger partial charge < -0.3 is 15.6 Å². The van der Waals surface area contributed by atoms with Crippen molar-refractivity contribution in [3.05, 3.63) is 23.3 Å². The molecule has 0 fully saturated rings. The number of hydrogen-bond acceptors (Lipinski definition) is 3. The summed E-state index contributed by atoms with van der Waals surface area (Å²) in [6.07, 6.45) is 0.745. The minimum absolute atomic E-state index is 0.115. The summed E-state index contributed by atoms with van der Waals surface area (Å²) in [5, 5.41) is 8.91. The van der Waals surface area contributed by atoms with Gasteiger partial charge in [0.25, 0.3) is 0 Å². The fourth-order valence-electron chi connectivity index (χ4n) is 1.30. The predicted octanol–water partition coefficient (Wildman–Crippen LogP) is 1.54. The Morgan fingerprint density at radius 3 is 2.64 bits per heavy atom. The van der Waals surface area contributed by atoms with E-state index in [-0.39, 0.29) is 11.3 Å². The van der Waals surface area contributed by atoms with Crippen molar-refractivity contribution in [1.82, 2.24) is 0 Å². The van der Waals surface area contributed by atoms with Gasteiger partial charge in [-0.2, -0.15) is 0 Å². The van der Waals surface area contributed by atoms with E-state index in [4.69, 9.17) is 15.6 Å². The summed E-state index contributed by atoms with van der Waals surface area (Å²) in [5.74, 6) is -0.793. The molecule has 0 radical (unpaired) electrons. The van der Waals surface area contributed by atoms with E-state index in [0.29, 0.717) is 5.69 Å². The van der Waals surface area contributed by atoms with E-state index in [1.807, 2.05) is 6.92 Å². The highest BCUT2D eigenvalue weighted by molar-refractivity contribution is 5.93. The van der Waals surface area contributed by atoms with Crippen LogP contribution in [0.15, 0.2) is 12.1 Å². The van der Waals surface area contributed by atoms with Crippen molar-refractivity contribution < 1.29 is 14.6 Å². The Morgan fingerprint density at radius 2 is 2.21 bits per heavy atom. The van der Waals surface area contributed by atoms with Crippen molar-refractivity contribution in [2.45, 2.75) is 13.3 Å². The topological polar surface area (TPSA) is 72.5 Å². The molecular formula is C10H13NO3. The Morgan fingerprint density at radius 1 is 1.57 bits per heavy atom. The lowest BCUT2D eigenvalue weighted by atomic mass is 10.1. The molecule has 0 atom stereocenters. The zero-order chi connectivity index (χ0) is 10.7. The number of carbonyl (C=O) groups is 1. The zero-order valence-electron chi connectivity index (χ0n) is 8.20. The van der Waals surface area contributed by atoms with E-state index in [9.17, 15) is 4.79 Å². The van der Waals surface area contributed by atoms with Gasteiger partial charge in [-0.3, -0.25) is 0 Å². The lowest BCUT2D eigenvalue weighted by molar-refractivity contribution is 0.0693. The number of benzene rings is 1. The summed E-state index contributed by atoms with van der Waals surface area (Å²) < 4.78 is 4.93. The molecular weight excluding hydrogens is 182 g/mol. The smallest absolute Gasteiger partial charge is 0.339 e. The van der Waals surface area contributed by atoms with Crippen molar-refractivity contribution in [3.8, 4) is 5.75 Å². The van der Waals surface area contributed by atoms with Crippen molar-refractivity contribution >= 4 is 11.7 Å². The van der Waals surface area contributed by atoms with Crippen LogP contribution < -0.4 is 10.5 Å². The van der Waals surface area contributed by atoms with Gasteiger partial charge in [0.05, 0.1) is 12.8 Å². The largest absolute Gasteiger partial charge is 0.494 e. The standard InChI is InChI=1S/C10H13NO3/c1-3-6-4-7(10(12)13)9(14-2)8(11)5-6/h4-5H,3,11H2,1-2H3,(H,12,13). The van der Waals surface area contributed by atoms with E-state index >= 15 is 0 Å². The molecule has 0 bridgehead atoms. The second-order valence-corrected chi connectivity index (χ2v) is 2.92. The predicted molar refractivity (Wildman–Crippen MR) is 53.7 cm³/mol. The Kier molecular flexibility index (Phi) is 2.96. The molecule has 4 nitrogen and oxygen atoms in total. The average Bonchev–Trinajstić information content (AvgIpc) is 2.16. The van der Waals surface area contributed by atoms with Crippen LogP contribution in [0, 0.1) is 0 Å². The molecule has 0 amide bonds. The van der Waals surface area contributed by atoms with Crippen LogP contribution in [0.1, 0.15) is 22.8 Å². The minimum Gasteiger partial charge on any atom is -0.494 e. The highest BCUT2D eigenvalue weighted by Gasteiger charge is 2.14. The van der Waals surface area contributed by atoms with Gasteiger partial charge >= 0.3 is 5.97 Å². The van der Waals surface area contributed by atoms with Crippen LogP contribution in [-0.2, 0) is 6.42 Å². The Bertz CT molecular complexity index is 361. The van der Waals surface area contributed by atoms with Crippen molar-refractivity contribution in [2.24, 2.45) is 0 Å². The zero-order valence-corrected chi connectivity index (χ0v) is 8.20. The first-order valence-corrected chi connectivity index (χ1v) is 4.29. The van der Waals surface area contributed by atoms with Crippen molar-refractivity contribution in [1.29, 1.82) is 0 Å². The van der Waals surface area contributed by atoms with Crippen molar-refractivity contribution in [2.75, 3.05) is 12.8 Å². The fraction of sp³-hybridized carbons (Fsp3) is 0.300. The third kappa shape index (κ3) is 1.79. The second-order valence-electron chi connectivity index (χ2n) is 2.92. The quantitative estimate of drug-likeness (QED) is 0.717. The number of methoxy groups -OCH3 is 1. The number of aryl methyl sites for hydroxylation is 1. The van der Waals surface area contributed by atoms with E-state index < -0.39 is 5.97 Å². The SMILES string of the molecule is CCc1cc(N)c(OC)c(C(=O)O)c1. The number of nitrogen functional groups attached to an aromatic ring is 1. The summed E-state index contributed by atoms with van der Waals surface area (Å²) in [6.45, 7) is 1.94. The minimum atomic E-state index is -1.02. The normalized spacial score (nSPS) is 9.86. The first-order valence-electron chi connectivity index (χ1n) is 4.29. The summed E-state index contributed by atoms with van der Waals surface area (Å²) in [5.41, 5.74) is 7.03. The van der Waals surface area contributed by atoms with Gasteiger partial charge in [0.1, 0.15) is 5.56 Å². The summed E-state index contributed by atoms with van der Waals surface area (Å²) in [4.78, 5) is 10.9. The van der Waals surface area contributed by atoms with Crippen LogP contribution in [0.2, 0.25) is 0 Å². The van der Waals surface area contributed by atoms with Crippen LogP contribution in [0.5, 0.6) is 5.75 Å². The monoisotopic (exact) mass is 195 g/mol. The Hall–Kier alpha value is -1.71. The molecule has 0 aliphatic carbocycles. The molecule has 1 aromatic carbocycles. The molecule has 0 aliphatic rings. The number of nitrogens with two attached hydrogens (primary N) is 1. The van der Waals surface area contributed by atoms with Gasteiger partial charge in [0.2, 0.25) is 0 Å². The molecule has 0 saturated carbocycles. The number of anilines is 1. The van der Waals surface area contributed by atoms with Crippen LogP contribution in [0.3, 0.4) is 0 Å². The van der Waals surface area contributed by atoms with Gasteiger partial charge in [-0.1, -0.05) is 6.92 Å². The highest BCUT2D eigenvalue weighted by Crippen LogP contribution is 2.28. The summed E-state index contributed by atoms with van der Waals surface area (Å²) in [6, 6.07) is 3.31. The number of rotatable bonds is 3. The van der Waals surface area contributed by atoms with Gasteiger partial charge in [-0.25, -0.2) is 4.79 Å². The Labute approximate surface area is 82.3 Å². The highest BCUT2D eigenvalue weighted by atomic mass is 16.5. The van der Waals surface area contributed by atoms with Crippen molar-refractivity contribution in [3.63, 3.8) is 0 Å². The van der Waals surface area contributed by atoms with Crippen LogP contribution >= 0.6 is 0 Å². The fourth-order valence-corrected chi connectivity index (χ4v) is 1.30. The number of carboxylic acids is 1. The van der Waals surface area contributed by atoms with E-state index in [2.05, 4.69) is 0 Å². The first-order chi connectivity index (χ1) is 6.60. The molecule has 76 valence electrons. The van der Waals surface area contributed by atoms with Crippen LogP contribution in [0.4, 0.5) is 5.69 Å². The first kappa shape index (κ1) is 10.4. The maximum atomic E-state index is 10.9. The molecule has 0 unspecified atom stereocenters. The molecule has 3 N–H and O–H groups in total.